The van der Waals surface area contributed by atoms with Gasteiger partial charge in [0.05, 0.1) is 12.8 Å². The molecule has 0 spiro atoms. The number of hydrogen-bond acceptors (Lipinski definition) is 4. The fourth-order valence-corrected chi connectivity index (χ4v) is 2.79. The number of amides is 2. The first-order chi connectivity index (χ1) is 14.5. The van der Waals surface area contributed by atoms with Crippen LogP contribution in [0.15, 0.2) is 77.9 Å². The van der Waals surface area contributed by atoms with E-state index in [1.807, 2.05) is 56.3 Å². The molecular weight excluding hydrogens is 378 g/mol. The summed E-state index contributed by atoms with van der Waals surface area (Å²) in [6.07, 6.45) is 0. The number of hydrogen-bond donors (Lipinski definition) is 2. The molecule has 0 unspecified atom stereocenters. The topological polar surface area (TPSA) is 79.8 Å². The molecule has 0 saturated heterocycles. The number of nitrogens with one attached hydrogen (secondary N) is 2. The largest absolute Gasteiger partial charge is 0.497 e. The Balaban J connectivity index is 1.61. The molecule has 6 heteroatoms. The summed E-state index contributed by atoms with van der Waals surface area (Å²) in [4.78, 5) is 24.7. The first kappa shape index (κ1) is 20.8. The van der Waals surface area contributed by atoms with E-state index in [1.165, 1.54) is 0 Å². The van der Waals surface area contributed by atoms with Gasteiger partial charge in [-0.05, 0) is 80.1 Å². The predicted octanol–water partition coefficient (Wildman–Crippen LogP) is 4.41. The van der Waals surface area contributed by atoms with Gasteiger partial charge in [0.25, 0.3) is 11.8 Å². The van der Waals surface area contributed by atoms with Crippen molar-refractivity contribution in [3.05, 3.63) is 95.1 Å². The number of benzene rings is 3. The van der Waals surface area contributed by atoms with Gasteiger partial charge < -0.3 is 10.1 Å². The highest BCUT2D eigenvalue weighted by Gasteiger charge is 2.08. The number of nitrogens with zero attached hydrogens (tertiary/aromatic N) is 1. The molecule has 0 atom stereocenters. The van der Waals surface area contributed by atoms with Crippen LogP contribution >= 0.6 is 0 Å². The van der Waals surface area contributed by atoms with E-state index in [4.69, 9.17) is 4.74 Å². The first-order valence-electron chi connectivity index (χ1n) is 9.43. The number of hydrazone groups is 1. The molecule has 152 valence electrons. The number of anilines is 1. The van der Waals surface area contributed by atoms with Crippen molar-refractivity contribution < 1.29 is 14.3 Å². The maximum absolute atomic E-state index is 12.3. The molecule has 3 aromatic carbocycles. The Morgan fingerprint density at radius 2 is 1.50 bits per heavy atom. The van der Waals surface area contributed by atoms with Crippen LogP contribution in [0.1, 0.15) is 38.8 Å². The predicted molar refractivity (Wildman–Crippen MR) is 118 cm³/mol. The molecule has 30 heavy (non-hydrogen) atoms. The molecule has 3 rings (SSSR count). The number of carbonyl (C=O) groups is 2. The number of aryl methyl sites for hydroxylation is 1. The van der Waals surface area contributed by atoms with E-state index in [1.54, 1.807) is 37.4 Å². The second-order valence-corrected chi connectivity index (χ2v) is 6.77. The van der Waals surface area contributed by atoms with Crippen LogP contribution in [0, 0.1) is 6.92 Å². The molecule has 0 heterocycles. The minimum atomic E-state index is -0.334. The molecule has 0 bridgehead atoms. The molecular formula is C24H23N3O3. The summed E-state index contributed by atoms with van der Waals surface area (Å²) in [6, 6.07) is 21.4. The van der Waals surface area contributed by atoms with Crippen molar-refractivity contribution in [3.8, 4) is 5.75 Å². The second kappa shape index (κ2) is 9.52. The molecule has 0 saturated carbocycles. The van der Waals surface area contributed by atoms with Crippen molar-refractivity contribution in [2.45, 2.75) is 13.8 Å². The second-order valence-electron chi connectivity index (χ2n) is 6.77. The van der Waals surface area contributed by atoms with E-state index < -0.39 is 0 Å². The molecule has 6 nitrogen and oxygen atoms in total. The van der Waals surface area contributed by atoms with E-state index in [9.17, 15) is 9.59 Å². The molecule has 3 aromatic rings. The van der Waals surface area contributed by atoms with Gasteiger partial charge in [0, 0.05) is 16.8 Å². The normalized spacial score (nSPS) is 11.0. The first-order valence-corrected chi connectivity index (χ1v) is 9.43. The zero-order valence-electron chi connectivity index (χ0n) is 17.1. The van der Waals surface area contributed by atoms with Crippen LogP contribution in [-0.4, -0.2) is 24.6 Å². The molecule has 0 radical (unpaired) electrons. The lowest BCUT2D eigenvalue weighted by molar-refractivity contribution is 0.0954. The van der Waals surface area contributed by atoms with Crippen LogP contribution in [0.25, 0.3) is 0 Å². The third-order valence-corrected chi connectivity index (χ3v) is 4.52. The van der Waals surface area contributed by atoms with Crippen molar-refractivity contribution in [1.29, 1.82) is 0 Å². The maximum atomic E-state index is 12.3. The van der Waals surface area contributed by atoms with Crippen molar-refractivity contribution >= 4 is 23.2 Å². The van der Waals surface area contributed by atoms with Gasteiger partial charge in [0.1, 0.15) is 5.75 Å². The van der Waals surface area contributed by atoms with Gasteiger partial charge >= 0.3 is 0 Å². The fourth-order valence-electron chi connectivity index (χ4n) is 2.79. The lowest BCUT2D eigenvalue weighted by atomic mass is 10.1. The zero-order chi connectivity index (χ0) is 21.5. The van der Waals surface area contributed by atoms with Crippen LogP contribution in [0.5, 0.6) is 5.75 Å². The van der Waals surface area contributed by atoms with Crippen LogP contribution in [0.3, 0.4) is 0 Å². The van der Waals surface area contributed by atoms with Gasteiger partial charge in [-0.25, -0.2) is 5.43 Å². The third kappa shape index (κ3) is 5.32. The maximum Gasteiger partial charge on any atom is 0.271 e. The average molecular weight is 401 g/mol. The standard InChI is InChI=1S/C24H23N3O3/c1-16-5-4-6-20(15-16)23(28)25-21-11-7-19(8-12-21)24(29)27-26-17(2)18-9-13-22(30-3)14-10-18/h4-15H,1-3H3,(H,25,28)(H,27,29). The van der Waals surface area contributed by atoms with Crippen LogP contribution in [-0.2, 0) is 0 Å². The van der Waals surface area contributed by atoms with Gasteiger partial charge in [-0.15, -0.1) is 0 Å². The minimum absolute atomic E-state index is 0.199. The van der Waals surface area contributed by atoms with E-state index in [0.29, 0.717) is 22.5 Å². The summed E-state index contributed by atoms with van der Waals surface area (Å²) < 4.78 is 5.13. The van der Waals surface area contributed by atoms with Crippen LogP contribution in [0.4, 0.5) is 5.69 Å². The Bertz CT molecular complexity index is 1070. The highest BCUT2D eigenvalue weighted by molar-refractivity contribution is 6.05. The highest BCUT2D eigenvalue weighted by Crippen LogP contribution is 2.14. The van der Waals surface area contributed by atoms with Crippen molar-refractivity contribution in [2.75, 3.05) is 12.4 Å². The SMILES string of the molecule is COc1ccc(C(C)=NNC(=O)c2ccc(NC(=O)c3cccc(C)c3)cc2)cc1. The Labute approximate surface area is 175 Å². The Hall–Kier alpha value is -3.93. The highest BCUT2D eigenvalue weighted by atomic mass is 16.5. The van der Waals surface area contributed by atoms with Crippen molar-refractivity contribution in [2.24, 2.45) is 5.10 Å². The summed E-state index contributed by atoms with van der Waals surface area (Å²) in [7, 11) is 1.61. The van der Waals surface area contributed by atoms with Crippen molar-refractivity contribution in [3.63, 3.8) is 0 Å². The monoisotopic (exact) mass is 401 g/mol. The molecule has 2 N–H and O–H groups in total. The molecule has 0 aliphatic heterocycles. The summed E-state index contributed by atoms with van der Waals surface area (Å²) in [5.41, 5.74) is 6.75. The molecule has 0 aliphatic carbocycles. The quantitative estimate of drug-likeness (QED) is 0.474. The van der Waals surface area contributed by atoms with Crippen LogP contribution in [0.2, 0.25) is 0 Å². The summed E-state index contributed by atoms with van der Waals surface area (Å²) in [5, 5.41) is 6.98. The number of methoxy groups -OCH3 is 1. The van der Waals surface area contributed by atoms with Gasteiger partial charge in [-0.3, -0.25) is 9.59 Å². The van der Waals surface area contributed by atoms with E-state index in [0.717, 1.165) is 16.9 Å². The molecule has 0 fully saturated rings. The summed E-state index contributed by atoms with van der Waals surface area (Å²) >= 11 is 0. The fraction of sp³-hybridized carbons (Fsp3) is 0.125. The summed E-state index contributed by atoms with van der Waals surface area (Å²) in [6.45, 7) is 3.75. The lowest BCUT2D eigenvalue weighted by Gasteiger charge is -2.07. The van der Waals surface area contributed by atoms with Crippen molar-refractivity contribution in [1.82, 2.24) is 5.43 Å². The van der Waals surface area contributed by atoms with Gasteiger partial charge in [-0.1, -0.05) is 17.7 Å². The average Bonchev–Trinajstić information content (AvgIpc) is 2.77. The number of carbonyl (C=O) groups excluding carboxylic acids is 2. The summed E-state index contributed by atoms with van der Waals surface area (Å²) in [5.74, 6) is 0.222. The number of rotatable bonds is 6. The Morgan fingerprint density at radius 1 is 0.833 bits per heavy atom. The lowest BCUT2D eigenvalue weighted by Crippen LogP contribution is -2.19. The Kier molecular flexibility index (Phi) is 6.60. The van der Waals surface area contributed by atoms with Crippen LogP contribution < -0.4 is 15.5 Å². The molecule has 0 aromatic heterocycles. The van der Waals surface area contributed by atoms with E-state index in [-0.39, 0.29) is 11.8 Å². The van der Waals surface area contributed by atoms with E-state index in [2.05, 4.69) is 15.8 Å². The molecule has 0 aliphatic rings. The van der Waals surface area contributed by atoms with Gasteiger partial charge in [0.15, 0.2) is 0 Å². The Morgan fingerprint density at radius 3 is 2.13 bits per heavy atom. The molecule has 2 amide bonds. The minimum Gasteiger partial charge on any atom is -0.497 e. The van der Waals surface area contributed by atoms with E-state index >= 15 is 0 Å². The van der Waals surface area contributed by atoms with Gasteiger partial charge in [-0.2, -0.15) is 5.10 Å². The third-order valence-electron chi connectivity index (χ3n) is 4.52. The number of ether oxygens (including phenoxy) is 1. The van der Waals surface area contributed by atoms with Gasteiger partial charge in [0.2, 0.25) is 0 Å². The smallest absolute Gasteiger partial charge is 0.271 e. The zero-order valence-corrected chi connectivity index (χ0v) is 17.1.